The summed E-state index contributed by atoms with van der Waals surface area (Å²) in [6.07, 6.45) is 0.0705. The van der Waals surface area contributed by atoms with Crippen LogP contribution in [-0.4, -0.2) is 19.1 Å². The lowest BCUT2D eigenvalue weighted by Gasteiger charge is -2.28. The summed E-state index contributed by atoms with van der Waals surface area (Å²) in [6.45, 7) is 0.789. The topological polar surface area (TPSA) is 33.0 Å². The Labute approximate surface area is 70.1 Å². The van der Waals surface area contributed by atoms with Crippen LogP contribution in [0.1, 0.15) is 19.3 Å². The highest BCUT2D eigenvalue weighted by atomic mass is 19.3. The van der Waals surface area contributed by atoms with E-state index in [1.807, 2.05) is 0 Å². The Hall–Kier alpha value is -0.690. The van der Waals surface area contributed by atoms with Crippen LogP contribution in [0.3, 0.4) is 0 Å². The molecule has 0 amide bonds. The molecule has 2 nitrogen and oxygen atoms in total. The second-order valence-corrected chi connectivity index (χ2v) is 2.98. The first-order chi connectivity index (χ1) is 5.67. The summed E-state index contributed by atoms with van der Waals surface area (Å²) >= 11 is 0. The third-order valence-corrected chi connectivity index (χ3v) is 2.13. The van der Waals surface area contributed by atoms with Gasteiger partial charge in [-0.1, -0.05) is 0 Å². The van der Waals surface area contributed by atoms with Crippen LogP contribution in [0.15, 0.2) is 0 Å². The molecule has 0 aromatic carbocycles. The zero-order valence-corrected chi connectivity index (χ0v) is 6.72. The highest BCUT2D eigenvalue weighted by molar-refractivity contribution is 4.87. The second kappa shape index (κ2) is 3.81. The Morgan fingerprint density at radius 2 is 2.00 bits per heavy atom. The molecule has 0 bridgehead atoms. The van der Waals surface area contributed by atoms with Gasteiger partial charge in [0.2, 0.25) is 0 Å². The molecule has 0 atom stereocenters. The summed E-state index contributed by atoms with van der Waals surface area (Å²) in [5.41, 5.74) is 0. The third kappa shape index (κ3) is 2.15. The Morgan fingerprint density at radius 1 is 1.42 bits per heavy atom. The van der Waals surface area contributed by atoms with E-state index < -0.39 is 18.3 Å². The lowest BCUT2D eigenvalue weighted by Crippen LogP contribution is -2.32. The van der Waals surface area contributed by atoms with Gasteiger partial charge in [0.1, 0.15) is 0 Å². The summed E-state index contributed by atoms with van der Waals surface area (Å²) in [5, 5.41) is 8.17. The second-order valence-electron chi connectivity index (χ2n) is 2.98. The fourth-order valence-corrected chi connectivity index (χ4v) is 1.37. The van der Waals surface area contributed by atoms with Crippen LogP contribution < -0.4 is 0 Å². The van der Waals surface area contributed by atoms with Gasteiger partial charge >= 0.3 is 0 Å². The van der Waals surface area contributed by atoms with Crippen molar-refractivity contribution in [3.63, 3.8) is 0 Å². The predicted molar refractivity (Wildman–Crippen MR) is 38.7 cm³/mol. The molecular formula is C8H11F2NO. The molecule has 0 aromatic rings. The first-order valence-corrected chi connectivity index (χ1v) is 3.99. The van der Waals surface area contributed by atoms with E-state index in [-0.39, 0.29) is 0 Å². The predicted octanol–water partition coefficient (Wildman–Crippen LogP) is 1.96. The summed E-state index contributed by atoms with van der Waals surface area (Å²) in [4.78, 5) is 0. The van der Waals surface area contributed by atoms with Crippen molar-refractivity contribution >= 4 is 0 Å². The molecule has 1 saturated heterocycles. The van der Waals surface area contributed by atoms with E-state index in [0.29, 0.717) is 26.1 Å². The molecule has 1 rings (SSSR count). The fourth-order valence-electron chi connectivity index (χ4n) is 1.37. The van der Waals surface area contributed by atoms with Gasteiger partial charge in [0, 0.05) is 19.1 Å². The molecule has 0 aromatic heterocycles. The van der Waals surface area contributed by atoms with Gasteiger partial charge in [-0.15, -0.1) is 0 Å². The van der Waals surface area contributed by atoms with Crippen molar-refractivity contribution in [1.82, 2.24) is 0 Å². The summed E-state index contributed by atoms with van der Waals surface area (Å²) in [6, 6.07) is 1.51. The molecule has 0 radical (unpaired) electrons. The number of hydrogen-bond acceptors (Lipinski definition) is 2. The average molecular weight is 175 g/mol. The maximum Gasteiger partial charge on any atom is 0.263 e. The van der Waals surface area contributed by atoms with Crippen LogP contribution in [0.5, 0.6) is 0 Å². The molecule has 0 aliphatic carbocycles. The number of ether oxygens (including phenoxy) is 1. The normalized spacial score (nSPS) is 20.4. The zero-order valence-electron chi connectivity index (χ0n) is 6.72. The molecule has 1 aliphatic rings. The first kappa shape index (κ1) is 9.40. The van der Waals surface area contributed by atoms with Crippen LogP contribution >= 0.6 is 0 Å². The molecule has 68 valence electrons. The van der Waals surface area contributed by atoms with Gasteiger partial charge in [-0.25, -0.2) is 8.78 Å². The Kier molecular flexibility index (Phi) is 2.99. The van der Waals surface area contributed by atoms with Crippen molar-refractivity contribution < 1.29 is 13.5 Å². The Balaban J connectivity index is 2.48. The average Bonchev–Trinajstić information content (AvgIpc) is 2.06. The Bertz CT molecular complexity index is 182. The fraction of sp³-hybridized carbons (Fsp3) is 0.875. The van der Waals surface area contributed by atoms with Crippen molar-refractivity contribution in [3.8, 4) is 6.07 Å². The van der Waals surface area contributed by atoms with E-state index in [2.05, 4.69) is 0 Å². The van der Waals surface area contributed by atoms with E-state index in [9.17, 15) is 8.78 Å². The zero-order chi connectivity index (χ0) is 9.03. The molecule has 0 spiro atoms. The quantitative estimate of drug-likeness (QED) is 0.642. The first-order valence-electron chi connectivity index (χ1n) is 3.99. The molecule has 1 heterocycles. The maximum atomic E-state index is 13.0. The van der Waals surface area contributed by atoms with Gasteiger partial charge in [-0.2, -0.15) is 5.26 Å². The SMILES string of the molecule is N#CCC(F)(F)C1CCOCC1. The van der Waals surface area contributed by atoms with Crippen LogP contribution in [0.4, 0.5) is 8.78 Å². The minimum Gasteiger partial charge on any atom is -0.381 e. The lowest BCUT2D eigenvalue weighted by atomic mass is 9.91. The summed E-state index contributed by atoms with van der Waals surface area (Å²) in [5.74, 6) is -3.48. The molecule has 4 heteroatoms. The standard InChI is InChI=1S/C8H11F2NO/c9-8(10,3-4-11)7-1-5-12-6-2-7/h7H,1-3,5-6H2. The van der Waals surface area contributed by atoms with E-state index in [4.69, 9.17) is 10.00 Å². The number of alkyl halides is 2. The van der Waals surface area contributed by atoms with Crippen molar-refractivity contribution in [2.75, 3.05) is 13.2 Å². The van der Waals surface area contributed by atoms with Gasteiger partial charge in [0.15, 0.2) is 0 Å². The molecule has 0 N–H and O–H groups in total. The van der Waals surface area contributed by atoms with Gasteiger partial charge in [-0.05, 0) is 12.8 Å². The summed E-state index contributed by atoms with van der Waals surface area (Å²) in [7, 11) is 0. The van der Waals surface area contributed by atoms with Crippen LogP contribution in [0.2, 0.25) is 0 Å². The Morgan fingerprint density at radius 3 is 2.50 bits per heavy atom. The van der Waals surface area contributed by atoms with Gasteiger partial charge in [-0.3, -0.25) is 0 Å². The molecule has 1 fully saturated rings. The molecule has 12 heavy (non-hydrogen) atoms. The monoisotopic (exact) mass is 175 g/mol. The van der Waals surface area contributed by atoms with E-state index in [0.717, 1.165) is 0 Å². The van der Waals surface area contributed by atoms with Crippen LogP contribution in [0, 0.1) is 17.2 Å². The molecular weight excluding hydrogens is 164 g/mol. The number of halogens is 2. The molecule has 1 aliphatic heterocycles. The van der Waals surface area contributed by atoms with Gasteiger partial charge < -0.3 is 4.74 Å². The largest absolute Gasteiger partial charge is 0.381 e. The molecule has 0 saturated carbocycles. The highest BCUT2D eigenvalue weighted by Crippen LogP contribution is 2.34. The van der Waals surface area contributed by atoms with Crippen molar-refractivity contribution in [3.05, 3.63) is 0 Å². The summed E-state index contributed by atoms with van der Waals surface area (Å²) < 4.78 is 31.0. The van der Waals surface area contributed by atoms with E-state index in [1.165, 1.54) is 6.07 Å². The number of rotatable bonds is 2. The van der Waals surface area contributed by atoms with E-state index in [1.54, 1.807) is 0 Å². The lowest BCUT2D eigenvalue weighted by molar-refractivity contribution is -0.0921. The van der Waals surface area contributed by atoms with Crippen LogP contribution in [0.25, 0.3) is 0 Å². The molecule has 0 unspecified atom stereocenters. The van der Waals surface area contributed by atoms with Gasteiger partial charge in [0.25, 0.3) is 5.92 Å². The minimum atomic E-state index is -2.82. The highest BCUT2D eigenvalue weighted by Gasteiger charge is 2.39. The van der Waals surface area contributed by atoms with Crippen molar-refractivity contribution in [2.24, 2.45) is 5.92 Å². The minimum absolute atomic E-state index is 0.370. The van der Waals surface area contributed by atoms with Crippen molar-refractivity contribution in [1.29, 1.82) is 5.26 Å². The van der Waals surface area contributed by atoms with Crippen molar-refractivity contribution in [2.45, 2.75) is 25.2 Å². The number of nitriles is 1. The number of hydrogen-bond donors (Lipinski definition) is 0. The smallest absolute Gasteiger partial charge is 0.263 e. The van der Waals surface area contributed by atoms with Crippen LogP contribution in [-0.2, 0) is 4.74 Å². The van der Waals surface area contributed by atoms with Gasteiger partial charge in [0.05, 0.1) is 12.5 Å². The van der Waals surface area contributed by atoms with E-state index >= 15 is 0 Å². The number of nitrogens with zero attached hydrogens (tertiary/aromatic N) is 1. The third-order valence-electron chi connectivity index (χ3n) is 2.13. The maximum absolute atomic E-state index is 13.0.